The van der Waals surface area contributed by atoms with Crippen molar-refractivity contribution in [1.82, 2.24) is 19.8 Å². The third kappa shape index (κ3) is 3.38. The molecule has 0 fully saturated rings. The first-order valence-corrected chi connectivity index (χ1v) is 10.4. The Kier molecular flexibility index (Phi) is 5.34. The van der Waals surface area contributed by atoms with Gasteiger partial charge in [0.1, 0.15) is 5.25 Å². The van der Waals surface area contributed by atoms with Gasteiger partial charge < -0.3 is 10.3 Å². The number of nitrogens with one attached hydrogen (secondary N) is 1. The zero-order valence-corrected chi connectivity index (χ0v) is 16.8. The predicted octanol–water partition coefficient (Wildman–Crippen LogP) is 3.57. The summed E-state index contributed by atoms with van der Waals surface area (Å²) in [4.78, 5) is 15.1. The van der Waals surface area contributed by atoms with Crippen LogP contribution in [0.15, 0.2) is 65.8 Å². The molecule has 0 aliphatic carbocycles. The van der Waals surface area contributed by atoms with Crippen LogP contribution in [0.5, 0.6) is 0 Å². The van der Waals surface area contributed by atoms with Gasteiger partial charge in [-0.05, 0) is 19.4 Å². The van der Waals surface area contributed by atoms with Crippen molar-refractivity contribution in [2.75, 3.05) is 18.5 Å². The van der Waals surface area contributed by atoms with Crippen molar-refractivity contribution in [1.29, 1.82) is 0 Å². The van der Waals surface area contributed by atoms with Gasteiger partial charge in [0.15, 0.2) is 5.82 Å². The van der Waals surface area contributed by atoms with Crippen molar-refractivity contribution < 1.29 is 4.79 Å². The van der Waals surface area contributed by atoms with Crippen molar-refractivity contribution in [3.8, 4) is 11.4 Å². The first kappa shape index (κ1) is 18.6. The second kappa shape index (κ2) is 8.06. The average Bonchev–Trinajstić information content (AvgIpc) is 3.18. The third-order valence-corrected chi connectivity index (χ3v) is 6.15. The molecule has 1 aromatic heterocycles. The maximum absolute atomic E-state index is 13.2. The van der Waals surface area contributed by atoms with Crippen LogP contribution in [0.4, 0.5) is 0 Å². The normalized spacial score (nSPS) is 18.2. The molecule has 2 heterocycles. The minimum atomic E-state index is -0.303. The van der Waals surface area contributed by atoms with Crippen LogP contribution in [0.2, 0.25) is 0 Å². The standard InChI is InChI=1S/C21H23N5OS/c1-3-25(4-2)20(27)18-17(15-11-7-5-8-12-15)24-26-19(22-23-21(26)28-18)16-13-9-6-10-14-16/h5-14,17-18,24H,3-4H2,1-2H3/t17-,18+/m1/s1. The van der Waals surface area contributed by atoms with Crippen molar-refractivity contribution in [2.45, 2.75) is 30.3 Å². The number of nitrogens with zero attached hydrogens (tertiary/aromatic N) is 4. The SMILES string of the molecule is CCN(CC)C(=O)[C@H]1Sc2nnc(-c3ccccc3)n2N[C@@H]1c1ccccc1. The quantitative estimate of drug-likeness (QED) is 0.718. The van der Waals surface area contributed by atoms with Crippen molar-refractivity contribution in [3.63, 3.8) is 0 Å². The van der Waals surface area contributed by atoms with Crippen LogP contribution in [0.25, 0.3) is 11.4 Å². The highest BCUT2D eigenvalue weighted by Gasteiger charge is 2.39. The number of hydrogen-bond acceptors (Lipinski definition) is 5. The Morgan fingerprint density at radius 1 is 1.04 bits per heavy atom. The summed E-state index contributed by atoms with van der Waals surface area (Å²) in [5.41, 5.74) is 5.57. The zero-order chi connectivity index (χ0) is 19.5. The number of thioether (sulfide) groups is 1. The molecular formula is C21H23N5OS. The molecule has 6 nitrogen and oxygen atoms in total. The molecule has 28 heavy (non-hydrogen) atoms. The lowest BCUT2D eigenvalue weighted by Gasteiger charge is -2.35. The van der Waals surface area contributed by atoms with E-state index in [0.717, 1.165) is 17.0 Å². The lowest BCUT2D eigenvalue weighted by Crippen LogP contribution is -2.45. The van der Waals surface area contributed by atoms with Crippen molar-refractivity contribution >= 4 is 17.7 Å². The van der Waals surface area contributed by atoms with E-state index in [4.69, 9.17) is 0 Å². The minimum absolute atomic E-state index is 0.117. The Balaban J connectivity index is 1.75. The number of benzene rings is 2. The summed E-state index contributed by atoms with van der Waals surface area (Å²) in [5, 5.41) is 9.13. The maximum atomic E-state index is 13.2. The number of fused-ring (bicyclic) bond motifs is 1. The fourth-order valence-electron chi connectivity index (χ4n) is 3.44. The molecule has 1 aliphatic rings. The van der Waals surface area contributed by atoms with Gasteiger partial charge in [-0.2, -0.15) is 0 Å². The largest absolute Gasteiger partial charge is 0.342 e. The molecule has 1 N–H and O–H groups in total. The fourth-order valence-corrected chi connectivity index (χ4v) is 4.61. The molecule has 2 aromatic carbocycles. The Morgan fingerprint density at radius 2 is 1.68 bits per heavy atom. The van der Waals surface area contributed by atoms with Gasteiger partial charge in [0.05, 0.1) is 6.04 Å². The summed E-state index contributed by atoms with van der Waals surface area (Å²) in [6.07, 6.45) is 0. The molecule has 0 saturated carbocycles. The summed E-state index contributed by atoms with van der Waals surface area (Å²) in [6, 6.07) is 19.9. The minimum Gasteiger partial charge on any atom is -0.342 e. The molecule has 7 heteroatoms. The van der Waals surface area contributed by atoms with Gasteiger partial charge in [0.2, 0.25) is 11.1 Å². The van der Waals surface area contributed by atoms with Crippen LogP contribution in [0.1, 0.15) is 25.5 Å². The average molecular weight is 394 g/mol. The van der Waals surface area contributed by atoms with E-state index in [2.05, 4.69) is 27.8 Å². The molecule has 4 rings (SSSR count). The predicted molar refractivity (Wildman–Crippen MR) is 112 cm³/mol. The van der Waals surface area contributed by atoms with Gasteiger partial charge in [-0.3, -0.25) is 4.79 Å². The summed E-state index contributed by atoms with van der Waals surface area (Å²) in [6.45, 7) is 5.40. The van der Waals surface area contributed by atoms with Crippen LogP contribution in [0.3, 0.4) is 0 Å². The summed E-state index contributed by atoms with van der Waals surface area (Å²) >= 11 is 1.48. The highest BCUT2D eigenvalue weighted by molar-refractivity contribution is 8.00. The molecule has 0 radical (unpaired) electrons. The van der Waals surface area contributed by atoms with Crippen LogP contribution in [-0.2, 0) is 4.79 Å². The molecule has 2 atom stereocenters. The lowest BCUT2D eigenvalue weighted by molar-refractivity contribution is -0.130. The Labute approximate surface area is 168 Å². The van der Waals surface area contributed by atoms with E-state index in [1.165, 1.54) is 11.8 Å². The smallest absolute Gasteiger partial charge is 0.238 e. The summed E-state index contributed by atoms with van der Waals surface area (Å²) in [7, 11) is 0. The molecule has 0 saturated heterocycles. The maximum Gasteiger partial charge on any atom is 0.238 e. The van der Waals surface area contributed by atoms with Crippen LogP contribution in [0, 0.1) is 0 Å². The third-order valence-electron chi connectivity index (χ3n) is 4.95. The van der Waals surface area contributed by atoms with Gasteiger partial charge in [0, 0.05) is 18.7 Å². The number of rotatable bonds is 5. The topological polar surface area (TPSA) is 63.1 Å². The number of carbonyl (C=O) groups is 1. The second-order valence-corrected chi connectivity index (χ2v) is 7.68. The van der Waals surface area contributed by atoms with E-state index < -0.39 is 0 Å². The van der Waals surface area contributed by atoms with Crippen molar-refractivity contribution in [2.24, 2.45) is 0 Å². The Bertz CT molecular complexity index is 940. The Morgan fingerprint density at radius 3 is 2.32 bits per heavy atom. The fraction of sp³-hybridized carbons (Fsp3) is 0.286. The molecule has 0 bridgehead atoms. The first-order valence-electron chi connectivity index (χ1n) is 9.50. The summed E-state index contributed by atoms with van der Waals surface area (Å²) < 4.78 is 1.91. The number of amides is 1. The molecule has 3 aromatic rings. The summed E-state index contributed by atoms with van der Waals surface area (Å²) in [5.74, 6) is 0.865. The van der Waals surface area contributed by atoms with E-state index in [1.54, 1.807) is 0 Å². The number of hydrogen-bond donors (Lipinski definition) is 1. The molecule has 0 spiro atoms. The van der Waals surface area contributed by atoms with Gasteiger partial charge in [-0.25, -0.2) is 4.68 Å². The van der Waals surface area contributed by atoms with E-state index in [-0.39, 0.29) is 17.2 Å². The zero-order valence-electron chi connectivity index (χ0n) is 15.9. The highest BCUT2D eigenvalue weighted by atomic mass is 32.2. The van der Waals surface area contributed by atoms with Crippen LogP contribution < -0.4 is 5.43 Å². The Hall–Kier alpha value is -2.80. The monoisotopic (exact) mass is 393 g/mol. The van der Waals surface area contributed by atoms with Crippen LogP contribution in [-0.4, -0.2) is 44.0 Å². The molecule has 1 amide bonds. The lowest BCUT2D eigenvalue weighted by atomic mass is 10.0. The van der Waals surface area contributed by atoms with Crippen molar-refractivity contribution in [3.05, 3.63) is 66.2 Å². The van der Waals surface area contributed by atoms with Crippen LogP contribution >= 0.6 is 11.8 Å². The molecule has 0 unspecified atom stereocenters. The molecule has 1 aliphatic heterocycles. The van der Waals surface area contributed by atoms with E-state index >= 15 is 0 Å². The number of carbonyl (C=O) groups excluding carboxylic acids is 1. The molecule has 144 valence electrons. The first-order chi connectivity index (χ1) is 13.7. The van der Waals surface area contributed by atoms with Gasteiger partial charge in [0.25, 0.3) is 0 Å². The van der Waals surface area contributed by atoms with Gasteiger partial charge >= 0.3 is 0 Å². The van der Waals surface area contributed by atoms with Gasteiger partial charge in [-0.1, -0.05) is 72.4 Å². The molecular weight excluding hydrogens is 370 g/mol. The number of aromatic nitrogens is 3. The van der Waals surface area contributed by atoms with E-state index in [1.807, 2.05) is 72.0 Å². The highest BCUT2D eigenvalue weighted by Crippen LogP contribution is 2.39. The van der Waals surface area contributed by atoms with Gasteiger partial charge in [-0.15, -0.1) is 10.2 Å². The van der Waals surface area contributed by atoms with E-state index in [0.29, 0.717) is 18.2 Å². The second-order valence-electron chi connectivity index (χ2n) is 6.57. The van der Waals surface area contributed by atoms with E-state index in [9.17, 15) is 4.79 Å².